The number of methoxy groups -OCH3 is 1. The van der Waals surface area contributed by atoms with E-state index in [1.807, 2.05) is 13.8 Å². The fourth-order valence-electron chi connectivity index (χ4n) is 2.22. The number of hydrogen-bond acceptors (Lipinski definition) is 5. The zero-order valence-corrected chi connectivity index (χ0v) is 15.4. The second-order valence-electron chi connectivity index (χ2n) is 5.30. The average molecular weight is 365 g/mol. The molecule has 0 aromatic heterocycles. The van der Waals surface area contributed by atoms with E-state index in [1.54, 1.807) is 36.4 Å². The predicted octanol–water partition coefficient (Wildman–Crippen LogP) is 2.76. The number of hydrogen-bond donors (Lipinski definition) is 1. The average Bonchev–Trinajstić information content (AvgIpc) is 2.60. The van der Waals surface area contributed by atoms with Crippen molar-refractivity contribution >= 4 is 10.0 Å². The summed E-state index contributed by atoms with van der Waals surface area (Å²) in [5.74, 6) is 1.73. The molecule has 1 N–H and O–H groups in total. The molecule has 0 aliphatic rings. The molecule has 0 saturated carbocycles. The van der Waals surface area contributed by atoms with Crippen LogP contribution in [0.3, 0.4) is 0 Å². The Bertz CT molecular complexity index is 788. The Balaban J connectivity index is 1.90. The highest BCUT2D eigenvalue weighted by atomic mass is 32.2. The van der Waals surface area contributed by atoms with Crippen LogP contribution < -0.4 is 18.9 Å². The smallest absolute Gasteiger partial charge is 0.244 e. The van der Waals surface area contributed by atoms with Crippen molar-refractivity contribution in [3.63, 3.8) is 0 Å². The lowest BCUT2D eigenvalue weighted by atomic mass is 10.2. The van der Waals surface area contributed by atoms with Crippen LogP contribution in [0, 0.1) is 6.92 Å². The minimum atomic E-state index is -3.66. The standard InChI is InChI=1S/C18H23NO5S/c1-4-23-15-6-8-16(9-7-15)24-12-11-19-25(20,21)18-10-5-14(2)13-17(18)22-3/h5-10,13,19H,4,11-12H2,1-3H3. The van der Waals surface area contributed by atoms with E-state index in [0.717, 1.165) is 11.3 Å². The minimum Gasteiger partial charge on any atom is -0.495 e. The third-order valence-electron chi connectivity index (χ3n) is 3.41. The maximum atomic E-state index is 12.4. The van der Waals surface area contributed by atoms with Crippen LogP contribution in [-0.4, -0.2) is 35.3 Å². The van der Waals surface area contributed by atoms with Crippen molar-refractivity contribution in [2.45, 2.75) is 18.7 Å². The highest BCUT2D eigenvalue weighted by Gasteiger charge is 2.18. The molecule has 2 aromatic rings. The summed E-state index contributed by atoms with van der Waals surface area (Å²) in [5.41, 5.74) is 0.926. The molecule has 0 fully saturated rings. The lowest BCUT2D eigenvalue weighted by molar-refractivity contribution is 0.319. The Morgan fingerprint density at radius 2 is 1.64 bits per heavy atom. The summed E-state index contributed by atoms with van der Waals surface area (Å²) in [7, 11) is -2.22. The summed E-state index contributed by atoms with van der Waals surface area (Å²) in [4.78, 5) is 0.113. The highest BCUT2D eigenvalue weighted by Crippen LogP contribution is 2.24. The molecule has 0 atom stereocenters. The summed E-state index contributed by atoms with van der Waals surface area (Å²) in [6, 6.07) is 12.1. The summed E-state index contributed by atoms with van der Waals surface area (Å²) in [6.45, 7) is 4.75. The van der Waals surface area contributed by atoms with Crippen LogP contribution in [0.5, 0.6) is 17.2 Å². The van der Waals surface area contributed by atoms with E-state index in [4.69, 9.17) is 14.2 Å². The number of aryl methyl sites for hydroxylation is 1. The Kier molecular flexibility index (Phi) is 6.66. The number of benzene rings is 2. The van der Waals surface area contributed by atoms with Crippen molar-refractivity contribution in [1.82, 2.24) is 4.72 Å². The molecule has 2 aromatic carbocycles. The van der Waals surface area contributed by atoms with E-state index >= 15 is 0 Å². The van der Waals surface area contributed by atoms with Gasteiger partial charge in [-0.3, -0.25) is 0 Å². The Hall–Kier alpha value is -2.25. The molecule has 0 unspecified atom stereocenters. The van der Waals surface area contributed by atoms with Gasteiger partial charge in [-0.05, 0) is 55.8 Å². The Labute approximate surface area is 148 Å². The topological polar surface area (TPSA) is 73.9 Å². The molecule has 0 heterocycles. The van der Waals surface area contributed by atoms with E-state index in [0.29, 0.717) is 18.1 Å². The normalized spacial score (nSPS) is 11.2. The summed E-state index contributed by atoms with van der Waals surface area (Å²) in [5, 5.41) is 0. The molecule has 0 saturated heterocycles. The molecule has 136 valence electrons. The van der Waals surface area contributed by atoms with Gasteiger partial charge in [-0.25, -0.2) is 13.1 Å². The van der Waals surface area contributed by atoms with E-state index in [9.17, 15) is 8.42 Å². The van der Waals surface area contributed by atoms with Crippen LogP contribution in [0.2, 0.25) is 0 Å². The van der Waals surface area contributed by atoms with Crippen LogP contribution in [-0.2, 0) is 10.0 Å². The SMILES string of the molecule is CCOc1ccc(OCCNS(=O)(=O)c2ccc(C)cc2OC)cc1. The Morgan fingerprint density at radius 3 is 2.24 bits per heavy atom. The quantitative estimate of drug-likeness (QED) is 0.692. The summed E-state index contributed by atoms with van der Waals surface area (Å²) >= 11 is 0. The first-order chi connectivity index (χ1) is 12.0. The van der Waals surface area contributed by atoms with Gasteiger partial charge in [-0.2, -0.15) is 0 Å². The second kappa shape index (κ2) is 8.73. The van der Waals surface area contributed by atoms with Crippen LogP contribution in [0.15, 0.2) is 47.4 Å². The van der Waals surface area contributed by atoms with Crippen molar-refractivity contribution < 1.29 is 22.6 Å². The molecule has 0 aliphatic carbocycles. The van der Waals surface area contributed by atoms with E-state index in [2.05, 4.69) is 4.72 Å². The van der Waals surface area contributed by atoms with Crippen molar-refractivity contribution in [2.24, 2.45) is 0 Å². The summed E-state index contributed by atoms with van der Waals surface area (Å²) < 4.78 is 43.3. The van der Waals surface area contributed by atoms with Crippen molar-refractivity contribution in [3.8, 4) is 17.2 Å². The molecule has 0 amide bonds. The maximum absolute atomic E-state index is 12.4. The van der Waals surface area contributed by atoms with Crippen LogP contribution in [0.25, 0.3) is 0 Å². The van der Waals surface area contributed by atoms with E-state index in [-0.39, 0.29) is 18.0 Å². The van der Waals surface area contributed by atoms with Gasteiger partial charge in [-0.1, -0.05) is 6.07 Å². The summed E-state index contributed by atoms with van der Waals surface area (Å²) in [6.07, 6.45) is 0. The van der Waals surface area contributed by atoms with Gasteiger partial charge in [0.15, 0.2) is 0 Å². The van der Waals surface area contributed by atoms with Gasteiger partial charge in [0.2, 0.25) is 10.0 Å². The molecule has 7 heteroatoms. The fourth-order valence-corrected chi connectivity index (χ4v) is 3.38. The number of rotatable bonds is 9. The zero-order chi connectivity index (χ0) is 18.3. The highest BCUT2D eigenvalue weighted by molar-refractivity contribution is 7.89. The number of ether oxygens (including phenoxy) is 3. The van der Waals surface area contributed by atoms with Gasteiger partial charge in [0.05, 0.1) is 13.7 Å². The fraction of sp³-hybridized carbons (Fsp3) is 0.333. The number of nitrogens with one attached hydrogen (secondary N) is 1. The van der Waals surface area contributed by atoms with Gasteiger partial charge >= 0.3 is 0 Å². The monoisotopic (exact) mass is 365 g/mol. The zero-order valence-electron chi connectivity index (χ0n) is 14.6. The van der Waals surface area contributed by atoms with Gasteiger partial charge in [0.1, 0.15) is 28.8 Å². The van der Waals surface area contributed by atoms with E-state index in [1.165, 1.54) is 13.2 Å². The van der Waals surface area contributed by atoms with Gasteiger partial charge in [0, 0.05) is 6.54 Å². The Morgan fingerprint density at radius 1 is 1.00 bits per heavy atom. The molecular formula is C18H23NO5S. The molecule has 2 rings (SSSR count). The molecule has 0 radical (unpaired) electrons. The molecule has 25 heavy (non-hydrogen) atoms. The lowest BCUT2D eigenvalue weighted by Gasteiger charge is -2.12. The first-order valence-corrected chi connectivity index (χ1v) is 9.44. The van der Waals surface area contributed by atoms with E-state index < -0.39 is 10.0 Å². The maximum Gasteiger partial charge on any atom is 0.244 e. The molecule has 6 nitrogen and oxygen atoms in total. The first-order valence-electron chi connectivity index (χ1n) is 7.96. The molecule has 0 aliphatic heterocycles. The third kappa shape index (κ3) is 5.37. The lowest BCUT2D eigenvalue weighted by Crippen LogP contribution is -2.28. The van der Waals surface area contributed by atoms with Crippen LogP contribution >= 0.6 is 0 Å². The largest absolute Gasteiger partial charge is 0.495 e. The second-order valence-corrected chi connectivity index (χ2v) is 7.04. The van der Waals surface area contributed by atoms with Crippen LogP contribution in [0.4, 0.5) is 0 Å². The number of sulfonamides is 1. The minimum absolute atomic E-state index is 0.113. The first kappa shape index (κ1) is 19.1. The third-order valence-corrected chi connectivity index (χ3v) is 4.91. The molecular weight excluding hydrogens is 342 g/mol. The molecule has 0 bridgehead atoms. The predicted molar refractivity (Wildman–Crippen MR) is 96.0 cm³/mol. The van der Waals surface area contributed by atoms with Crippen molar-refractivity contribution in [1.29, 1.82) is 0 Å². The van der Waals surface area contributed by atoms with Gasteiger partial charge in [-0.15, -0.1) is 0 Å². The van der Waals surface area contributed by atoms with Crippen molar-refractivity contribution in [3.05, 3.63) is 48.0 Å². The molecule has 0 spiro atoms. The van der Waals surface area contributed by atoms with Gasteiger partial charge in [0.25, 0.3) is 0 Å². The van der Waals surface area contributed by atoms with Gasteiger partial charge < -0.3 is 14.2 Å². The van der Waals surface area contributed by atoms with Crippen molar-refractivity contribution in [2.75, 3.05) is 26.9 Å². The van der Waals surface area contributed by atoms with Crippen LogP contribution in [0.1, 0.15) is 12.5 Å².